The van der Waals surface area contributed by atoms with Crippen LogP contribution in [0.25, 0.3) is 0 Å². The predicted molar refractivity (Wildman–Crippen MR) is 144 cm³/mol. The third-order valence-corrected chi connectivity index (χ3v) is 6.71. The summed E-state index contributed by atoms with van der Waals surface area (Å²) in [6, 6.07) is 14.8. The molecule has 3 amide bonds. The number of aryl methyl sites for hydroxylation is 1. The Morgan fingerprint density at radius 1 is 1.03 bits per heavy atom. The van der Waals surface area contributed by atoms with Gasteiger partial charge in [-0.2, -0.15) is 0 Å². The number of piperidine rings is 1. The Labute approximate surface area is 223 Å². The van der Waals surface area contributed by atoms with E-state index in [0.717, 1.165) is 17.5 Å². The minimum absolute atomic E-state index is 0.123. The van der Waals surface area contributed by atoms with Crippen molar-refractivity contribution in [2.24, 2.45) is 5.41 Å². The zero-order valence-electron chi connectivity index (χ0n) is 21.9. The summed E-state index contributed by atoms with van der Waals surface area (Å²) in [5, 5.41) is 6.22. The van der Waals surface area contributed by atoms with Crippen LogP contribution in [0.1, 0.15) is 51.7 Å². The fraction of sp³-hybridized carbons (Fsp3) is 0.464. The quantitative estimate of drug-likeness (QED) is 0.473. The number of benzene rings is 2. The monoisotopic (exact) mass is 529 g/mol. The number of halogens is 1. The van der Waals surface area contributed by atoms with E-state index >= 15 is 0 Å². The van der Waals surface area contributed by atoms with Crippen molar-refractivity contribution in [2.45, 2.75) is 59.1 Å². The number of amides is 3. The van der Waals surface area contributed by atoms with Crippen molar-refractivity contribution in [3.05, 3.63) is 64.7 Å². The van der Waals surface area contributed by atoms with Gasteiger partial charge in [0.15, 0.2) is 0 Å². The number of anilines is 1. The molecule has 200 valence electrons. The van der Waals surface area contributed by atoms with E-state index in [9.17, 15) is 14.4 Å². The molecule has 0 atom stereocenters. The number of hydrogen-bond donors (Lipinski definition) is 2. The highest BCUT2D eigenvalue weighted by Gasteiger charge is 2.44. The van der Waals surface area contributed by atoms with Gasteiger partial charge in [-0.05, 0) is 69.4 Å². The number of likely N-dealkylation sites (tertiary alicyclic amines) is 1. The van der Waals surface area contributed by atoms with Crippen molar-refractivity contribution in [3.63, 3.8) is 0 Å². The molecule has 37 heavy (non-hydrogen) atoms. The molecule has 8 nitrogen and oxygen atoms in total. The van der Waals surface area contributed by atoms with Gasteiger partial charge in [-0.15, -0.1) is 0 Å². The summed E-state index contributed by atoms with van der Waals surface area (Å²) in [6.07, 6.45) is 0.471. The van der Waals surface area contributed by atoms with Gasteiger partial charge in [-0.3, -0.25) is 10.1 Å². The van der Waals surface area contributed by atoms with Gasteiger partial charge >= 0.3 is 12.2 Å². The highest BCUT2D eigenvalue weighted by atomic mass is 35.5. The predicted octanol–water partition coefficient (Wildman–Crippen LogP) is 5.78. The van der Waals surface area contributed by atoms with Crippen LogP contribution < -0.4 is 10.6 Å². The second-order valence-electron chi connectivity index (χ2n) is 10.3. The van der Waals surface area contributed by atoms with Crippen molar-refractivity contribution in [2.75, 3.05) is 25.0 Å². The molecule has 2 N–H and O–H groups in total. The molecule has 1 aliphatic rings. The lowest BCUT2D eigenvalue weighted by molar-refractivity contribution is -0.137. The van der Waals surface area contributed by atoms with Gasteiger partial charge in [0.25, 0.3) is 0 Å². The fourth-order valence-electron chi connectivity index (χ4n) is 4.07. The first kappa shape index (κ1) is 28.3. The van der Waals surface area contributed by atoms with Gasteiger partial charge in [0.05, 0.1) is 5.41 Å². The highest BCUT2D eigenvalue weighted by Crippen LogP contribution is 2.33. The first-order chi connectivity index (χ1) is 17.5. The van der Waals surface area contributed by atoms with Gasteiger partial charge in [-0.1, -0.05) is 48.9 Å². The van der Waals surface area contributed by atoms with Crippen LogP contribution in [-0.4, -0.2) is 48.3 Å². The molecule has 2 aromatic rings. The summed E-state index contributed by atoms with van der Waals surface area (Å²) in [6.45, 7) is 8.21. The van der Waals surface area contributed by atoms with Crippen molar-refractivity contribution < 1.29 is 23.9 Å². The Bertz CT molecular complexity index is 1090. The maximum absolute atomic E-state index is 13.5. The van der Waals surface area contributed by atoms with E-state index in [1.54, 1.807) is 11.0 Å². The number of nitrogens with one attached hydrogen (secondary N) is 2. The molecule has 0 unspecified atom stereocenters. The van der Waals surface area contributed by atoms with Crippen LogP contribution in [-0.2, 0) is 27.2 Å². The summed E-state index contributed by atoms with van der Waals surface area (Å²) >= 11 is 6.25. The number of nitrogens with zero attached hydrogens (tertiary/aromatic N) is 1. The van der Waals surface area contributed by atoms with Crippen LogP contribution in [0, 0.1) is 5.41 Å². The summed E-state index contributed by atoms with van der Waals surface area (Å²) < 4.78 is 11.0. The fourth-order valence-corrected chi connectivity index (χ4v) is 4.27. The molecule has 0 aromatic heterocycles. The van der Waals surface area contributed by atoms with Gasteiger partial charge < -0.3 is 19.7 Å². The Hall–Kier alpha value is -3.26. The largest absolute Gasteiger partial charge is 0.448 e. The van der Waals surface area contributed by atoms with Gasteiger partial charge in [0.1, 0.15) is 12.2 Å². The topological polar surface area (TPSA) is 97.0 Å². The average molecular weight is 530 g/mol. The SMILES string of the molecule is CCc1ccc(NC(=O)OCC2(C(=O)NCc3ccccc3Cl)CCN(C(=O)OC(C)(C)C)CC2)cc1. The van der Waals surface area contributed by atoms with E-state index in [1.807, 2.05) is 63.2 Å². The summed E-state index contributed by atoms with van der Waals surface area (Å²) in [5.74, 6) is -0.253. The van der Waals surface area contributed by atoms with Crippen LogP contribution in [0.15, 0.2) is 48.5 Å². The molecule has 0 spiro atoms. The van der Waals surface area contributed by atoms with Crippen molar-refractivity contribution >= 4 is 35.4 Å². The Balaban J connectivity index is 1.67. The number of carbonyl (C=O) groups excluding carboxylic acids is 3. The lowest BCUT2D eigenvalue weighted by atomic mass is 9.78. The normalized spacial score (nSPS) is 15.0. The third-order valence-electron chi connectivity index (χ3n) is 6.34. The van der Waals surface area contributed by atoms with Gasteiger partial charge in [0, 0.05) is 30.3 Å². The van der Waals surface area contributed by atoms with Crippen LogP contribution in [0.2, 0.25) is 5.02 Å². The molecular formula is C28H36ClN3O5. The molecule has 2 aromatic carbocycles. The molecule has 9 heteroatoms. The van der Waals surface area contributed by atoms with E-state index in [0.29, 0.717) is 36.6 Å². The average Bonchev–Trinajstić information content (AvgIpc) is 2.86. The smallest absolute Gasteiger partial charge is 0.411 e. The molecule has 0 saturated carbocycles. The lowest BCUT2D eigenvalue weighted by Crippen LogP contribution is -2.53. The van der Waals surface area contributed by atoms with Crippen molar-refractivity contribution in [3.8, 4) is 0 Å². The molecule has 1 heterocycles. The zero-order chi connectivity index (χ0) is 27.1. The molecule has 1 fully saturated rings. The molecular weight excluding hydrogens is 494 g/mol. The second kappa shape index (κ2) is 12.3. The van der Waals surface area contributed by atoms with Gasteiger partial charge in [-0.25, -0.2) is 9.59 Å². The van der Waals surface area contributed by atoms with Crippen LogP contribution in [0.5, 0.6) is 0 Å². The number of carbonyl (C=O) groups is 3. The molecule has 0 radical (unpaired) electrons. The standard InChI is InChI=1S/C28H36ClN3O5/c1-5-20-10-12-22(13-11-20)31-25(34)36-19-28(24(33)30-18-21-8-6-7-9-23(21)29)14-16-32(17-15-28)26(35)37-27(2,3)4/h6-13H,5,14-19H2,1-4H3,(H,30,33)(H,31,34). The minimum atomic E-state index is -0.997. The lowest BCUT2D eigenvalue weighted by Gasteiger charge is -2.40. The first-order valence-electron chi connectivity index (χ1n) is 12.5. The number of hydrogen-bond acceptors (Lipinski definition) is 5. The minimum Gasteiger partial charge on any atom is -0.448 e. The molecule has 1 aliphatic heterocycles. The summed E-state index contributed by atoms with van der Waals surface area (Å²) in [7, 11) is 0. The summed E-state index contributed by atoms with van der Waals surface area (Å²) in [5.41, 5.74) is 0.939. The second-order valence-corrected chi connectivity index (χ2v) is 10.7. The van der Waals surface area contributed by atoms with Crippen LogP contribution in [0.4, 0.5) is 15.3 Å². The molecule has 0 bridgehead atoms. The number of rotatable bonds is 7. The maximum atomic E-state index is 13.5. The molecule has 1 saturated heterocycles. The molecule has 3 rings (SSSR count). The maximum Gasteiger partial charge on any atom is 0.411 e. The highest BCUT2D eigenvalue weighted by molar-refractivity contribution is 6.31. The Morgan fingerprint density at radius 3 is 2.27 bits per heavy atom. The van der Waals surface area contributed by atoms with Gasteiger partial charge in [0.2, 0.25) is 5.91 Å². The van der Waals surface area contributed by atoms with E-state index in [1.165, 1.54) is 0 Å². The van der Waals surface area contributed by atoms with Crippen molar-refractivity contribution in [1.29, 1.82) is 0 Å². The van der Waals surface area contributed by atoms with E-state index in [-0.39, 0.29) is 19.1 Å². The summed E-state index contributed by atoms with van der Waals surface area (Å²) in [4.78, 5) is 40.1. The Kier molecular flexibility index (Phi) is 9.43. The Morgan fingerprint density at radius 2 is 1.68 bits per heavy atom. The van der Waals surface area contributed by atoms with E-state index in [2.05, 4.69) is 17.6 Å². The zero-order valence-corrected chi connectivity index (χ0v) is 22.7. The van der Waals surface area contributed by atoms with Crippen molar-refractivity contribution in [1.82, 2.24) is 10.2 Å². The third kappa shape index (κ3) is 8.12. The van der Waals surface area contributed by atoms with Crippen LogP contribution >= 0.6 is 11.6 Å². The van der Waals surface area contributed by atoms with Crippen LogP contribution in [0.3, 0.4) is 0 Å². The number of ether oxygens (including phenoxy) is 2. The molecule has 0 aliphatic carbocycles. The van der Waals surface area contributed by atoms with E-state index < -0.39 is 23.2 Å². The van der Waals surface area contributed by atoms with E-state index in [4.69, 9.17) is 21.1 Å². The first-order valence-corrected chi connectivity index (χ1v) is 12.9.